The van der Waals surface area contributed by atoms with Crippen molar-refractivity contribution in [2.24, 2.45) is 0 Å². The fraction of sp³-hybridized carbons (Fsp3) is 0.250. The first-order valence-corrected chi connectivity index (χ1v) is 11.6. The number of hydrogen-bond donors (Lipinski definition) is 3. The number of amides is 1. The summed E-state index contributed by atoms with van der Waals surface area (Å²) < 4.78 is 6.34. The predicted molar refractivity (Wildman–Crippen MR) is 129 cm³/mol. The molecular weight excluding hydrogens is 448 g/mol. The molecule has 2 aromatic carbocycles. The van der Waals surface area contributed by atoms with E-state index in [-0.39, 0.29) is 11.0 Å². The molecule has 1 aliphatic carbocycles. The van der Waals surface area contributed by atoms with Crippen LogP contribution in [-0.2, 0) is 5.41 Å². The Bertz CT molecular complexity index is 1400. The van der Waals surface area contributed by atoms with Crippen molar-refractivity contribution >= 4 is 50.0 Å². The van der Waals surface area contributed by atoms with Crippen LogP contribution in [0.1, 0.15) is 24.8 Å². The van der Waals surface area contributed by atoms with Crippen LogP contribution in [-0.4, -0.2) is 29.8 Å². The van der Waals surface area contributed by atoms with Crippen molar-refractivity contribution in [3.05, 3.63) is 62.7 Å². The van der Waals surface area contributed by atoms with E-state index >= 15 is 0 Å². The molecule has 6 nitrogen and oxygen atoms in total. The Labute approximate surface area is 192 Å². The largest absolute Gasteiger partial charge is 0.496 e. The maximum absolute atomic E-state index is 12.5. The Morgan fingerprint density at radius 3 is 2.66 bits per heavy atom. The first-order chi connectivity index (χ1) is 15.4. The van der Waals surface area contributed by atoms with Crippen LogP contribution < -0.4 is 15.6 Å². The van der Waals surface area contributed by atoms with E-state index in [2.05, 4.69) is 22.4 Å². The van der Waals surface area contributed by atoms with Gasteiger partial charge in [-0.2, -0.15) is 0 Å². The molecule has 1 amide bonds. The van der Waals surface area contributed by atoms with Crippen molar-refractivity contribution in [2.45, 2.75) is 24.7 Å². The molecule has 0 bridgehead atoms. The molecule has 164 valence electrons. The number of benzene rings is 2. The van der Waals surface area contributed by atoms with E-state index in [4.69, 9.17) is 21.4 Å². The number of carboxylic acid groups (broad SMARTS) is 1. The average Bonchev–Trinajstić information content (AvgIpc) is 3.24. The van der Waals surface area contributed by atoms with Gasteiger partial charge < -0.3 is 20.1 Å². The van der Waals surface area contributed by atoms with E-state index < -0.39 is 6.09 Å². The molecule has 3 N–H and O–H groups in total. The maximum atomic E-state index is 12.5. The fourth-order valence-corrected chi connectivity index (χ4v) is 5.76. The Kier molecular flexibility index (Phi) is 5.10. The second-order valence-corrected chi connectivity index (χ2v) is 9.50. The van der Waals surface area contributed by atoms with Crippen molar-refractivity contribution in [3.63, 3.8) is 0 Å². The summed E-state index contributed by atoms with van der Waals surface area (Å²) in [6, 6.07) is 11.9. The van der Waals surface area contributed by atoms with Crippen LogP contribution in [0.2, 0.25) is 5.02 Å². The van der Waals surface area contributed by atoms with Gasteiger partial charge >= 0.3 is 6.09 Å². The molecule has 1 fully saturated rings. The average molecular weight is 469 g/mol. The molecule has 0 saturated heterocycles. The van der Waals surface area contributed by atoms with E-state index in [1.54, 1.807) is 13.2 Å². The first-order valence-electron chi connectivity index (χ1n) is 10.3. The van der Waals surface area contributed by atoms with Gasteiger partial charge in [-0.25, -0.2) is 4.79 Å². The second-order valence-electron chi connectivity index (χ2n) is 8.17. The number of pyridine rings is 1. The third kappa shape index (κ3) is 3.24. The monoisotopic (exact) mass is 468 g/mol. The van der Waals surface area contributed by atoms with E-state index in [0.717, 1.165) is 46.7 Å². The van der Waals surface area contributed by atoms with Crippen molar-refractivity contribution in [2.75, 3.05) is 13.7 Å². The number of thiophene rings is 1. The smallest absolute Gasteiger partial charge is 0.404 e. The molecule has 0 spiro atoms. The van der Waals surface area contributed by atoms with Crippen LogP contribution >= 0.6 is 22.9 Å². The predicted octanol–water partition coefficient (Wildman–Crippen LogP) is 5.76. The highest BCUT2D eigenvalue weighted by Gasteiger charge is 2.39. The lowest BCUT2D eigenvalue weighted by atomic mass is 9.64. The number of fused-ring (bicyclic) bond motifs is 3. The lowest BCUT2D eigenvalue weighted by molar-refractivity contribution is 0.179. The zero-order valence-electron chi connectivity index (χ0n) is 17.3. The van der Waals surface area contributed by atoms with Crippen LogP contribution in [0, 0.1) is 0 Å². The summed E-state index contributed by atoms with van der Waals surface area (Å²) in [4.78, 5) is 26.5. The summed E-state index contributed by atoms with van der Waals surface area (Å²) in [5.41, 5.74) is 3.19. The third-order valence-corrected chi connectivity index (χ3v) is 7.73. The quantitative estimate of drug-likeness (QED) is 0.347. The van der Waals surface area contributed by atoms with Gasteiger partial charge in [0.15, 0.2) is 0 Å². The standard InChI is InChI=1S/C24H21ClN2O4S/c1-31-17-11-16(25)20-19(15-7-10-32-21(15)22(28)27-20)18(17)13-3-5-14(6-4-13)24(8-2-9-24)12-26-23(29)30/h3-7,10-11,26H,2,8-9,12H2,1H3,(H,27,28)(H,29,30). The van der Waals surface area contributed by atoms with E-state index in [1.165, 1.54) is 11.3 Å². The maximum Gasteiger partial charge on any atom is 0.404 e. The zero-order chi connectivity index (χ0) is 22.5. The molecule has 0 radical (unpaired) electrons. The number of aromatic amines is 1. The number of nitrogens with one attached hydrogen (secondary N) is 2. The lowest BCUT2D eigenvalue weighted by Gasteiger charge is -2.42. The highest BCUT2D eigenvalue weighted by atomic mass is 35.5. The van der Waals surface area contributed by atoms with Gasteiger partial charge in [-0.15, -0.1) is 11.3 Å². The van der Waals surface area contributed by atoms with Gasteiger partial charge in [0.2, 0.25) is 0 Å². The Morgan fingerprint density at radius 2 is 2.03 bits per heavy atom. The van der Waals surface area contributed by atoms with Gasteiger partial charge in [0.25, 0.3) is 5.56 Å². The highest BCUT2D eigenvalue weighted by Crippen LogP contribution is 2.46. The normalized spacial score (nSPS) is 14.9. The summed E-state index contributed by atoms with van der Waals surface area (Å²) in [6.07, 6.45) is 1.99. The van der Waals surface area contributed by atoms with Crippen LogP contribution in [0.4, 0.5) is 4.79 Å². The van der Waals surface area contributed by atoms with E-state index in [9.17, 15) is 9.59 Å². The van der Waals surface area contributed by atoms with Gasteiger partial charge in [-0.05, 0) is 35.4 Å². The number of H-pyrrole nitrogens is 1. The first kappa shape index (κ1) is 20.8. The van der Waals surface area contributed by atoms with Crippen LogP contribution in [0.5, 0.6) is 5.75 Å². The van der Waals surface area contributed by atoms with Gasteiger partial charge in [0, 0.05) is 34.4 Å². The molecule has 2 heterocycles. The minimum absolute atomic E-state index is 0.158. The number of rotatable bonds is 5. The van der Waals surface area contributed by atoms with Crippen LogP contribution in [0.25, 0.3) is 32.1 Å². The van der Waals surface area contributed by atoms with Crippen molar-refractivity contribution in [3.8, 4) is 16.9 Å². The molecule has 1 saturated carbocycles. The summed E-state index contributed by atoms with van der Waals surface area (Å²) in [5, 5.41) is 15.6. The molecule has 32 heavy (non-hydrogen) atoms. The van der Waals surface area contributed by atoms with Gasteiger partial charge in [0.1, 0.15) is 10.4 Å². The molecule has 0 atom stereocenters. The zero-order valence-corrected chi connectivity index (χ0v) is 18.9. The summed E-state index contributed by atoms with van der Waals surface area (Å²) >= 11 is 7.90. The van der Waals surface area contributed by atoms with Crippen molar-refractivity contribution < 1.29 is 14.6 Å². The molecular formula is C24H21ClN2O4S. The van der Waals surface area contributed by atoms with Crippen LogP contribution in [0.3, 0.4) is 0 Å². The molecule has 0 unspecified atom stereocenters. The van der Waals surface area contributed by atoms with Crippen LogP contribution in [0.15, 0.2) is 46.6 Å². The van der Waals surface area contributed by atoms with Crippen molar-refractivity contribution in [1.82, 2.24) is 10.3 Å². The number of halogens is 1. The number of hydrogen-bond acceptors (Lipinski definition) is 4. The Balaban J connectivity index is 1.68. The van der Waals surface area contributed by atoms with Gasteiger partial charge in [0.05, 0.1) is 17.6 Å². The van der Waals surface area contributed by atoms with Gasteiger partial charge in [-0.3, -0.25) is 4.79 Å². The van der Waals surface area contributed by atoms with E-state index in [0.29, 0.717) is 27.5 Å². The topological polar surface area (TPSA) is 91.4 Å². The molecule has 5 rings (SSSR count). The summed E-state index contributed by atoms with van der Waals surface area (Å²) in [6.45, 7) is 0.408. The summed E-state index contributed by atoms with van der Waals surface area (Å²) in [7, 11) is 1.60. The van der Waals surface area contributed by atoms with Gasteiger partial charge in [-0.1, -0.05) is 42.3 Å². The number of ether oxygens (including phenoxy) is 1. The third-order valence-electron chi connectivity index (χ3n) is 6.52. The fourth-order valence-electron chi connectivity index (χ4n) is 4.72. The molecule has 2 aromatic heterocycles. The molecule has 4 aromatic rings. The minimum Gasteiger partial charge on any atom is -0.496 e. The SMILES string of the molecule is COc1cc(Cl)c2[nH]c(=O)c3sccc3c2c1-c1ccc(C2(CNC(=O)O)CCC2)cc1. The number of carbonyl (C=O) groups is 1. The lowest BCUT2D eigenvalue weighted by Crippen LogP contribution is -2.45. The second kappa shape index (κ2) is 7.83. The number of aromatic nitrogens is 1. The Hall–Kier alpha value is -3.03. The van der Waals surface area contributed by atoms with E-state index in [1.807, 2.05) is 23.6 Å². The molecule has 1 aliphatic rings. The molecule has 0 aliphatic heterocycles. The Morgan fingerprint density at radius 1 is 1.28 bits per heavy atom. The number of methoxy groups -OCH3 is 1. The van der Waals surface area contributed by atoms with Crippen molar-refractivity contribution in [1.29, 1.82) is 0 Å². The molecule has 8 heteroatoms. The highest BCUT2D eigenvalue weighted by molar-refractivity contribution is 7.17. The minimum atomic E-state index is -1.00. The summed E-state index contributed by atoms with van der Waals surface area (Å²) in [5.74, 6) is 0.626.